The molecule has 1 atom stereocenters. The van der Waals surface area contributed by atoms with Crippen LogP contribution in [0.4, 0.5) is 0 Å². The van der Waals surface area contributed by atoms with Crippen molar-refractivity contribution in [3.8, 4) is 0 Å². The third kappa shape index (κ3) is 2.99. The number of rotatable bonds is 4. The second-order valence-corrected chi connectivity index (χ2v) is 4.27. The van der Waals surface area contributed by atoms with E-state index in [1.54, 1.807) is 18.4 Å². The zero-order valence-electron chi connectivity index (χ0n) is 10.2. The first-order chi connectivity index (χ1) is 8.66. The van der Waals surface area contributed by atoms with Crippen LogP contribution in [-0.2, 0) is 11.3 Å². The first-order valence-corrected chi connectivity index (χ1v) is 5.78. The molecule has 0 saturated heterocycles. The van der Waals surface area contributed by atoms with Gasteiger partial charge in [0.05, 0.1) is 11.7 Å². The number of dihydropyridines is 1. The molecule has 0 bridgehead atoms. The van der Waals surface area contributed by atoms with Gasteiger partial charge in [0.15, 0.2) is 0 Å². The summed E-state index contributed by atoms with van der Waals surface area (Å²) >= 11 is 0. The van der Waals surface area contributed by atoms with Crippen LogP contribution in [0.25, 0.3) is 0 Å². The fraction of sp³-hybridized carbons (Fsp3) is 0.214. The molecule has 0 radical (unpaired) electrons. The Bertz CT molecular complexity index is 480. The molecular formula is C14H16N2O2. The zero-order chi connectivity index (χ0) is 13.0. The number of aliphatic carboxylic acids is 1. The molecule has 0 aliphatic carbocycles. The maximum absolute atomic E-state index is 10.9. The number of nitrogens with one attached hydrogen (secondary N) is 1. The smallest absolute Gasteiger partial charge is 0.335 e. The largest absolute Gasteiger partial charge is 0.478 e. The molecule has 1 heterocycles. The number of carbonyl (C=O) groups is 1. The van der Waals surface area contributed by atoms with E-state index in [2.05, 4.69) is 22.3 Å². The summed E-state index contributed by atoms with van der Waals surface area (Å²) in [4.78, 5) is 13.0. The number of hydrogen-bond donors (Lipinski definition) is 2. The van der Waals surface area contributed by atoms with Gasteiger partial charge >= 0.3 is 5.97 Å². The van der Waals surface area contributed by atoms with E-state index in [4.69, 9.17) is 5.11 Å². The summed E-state index contributed by atoms with van der Waals surface area (Å²) in [5.74, 6) is -0.897. The Labute approximate surface area is 106 Å². The Morgan fingerprint density at radius 3 is 2.78 bits per heavy atom. The molecule has 2 rings (SSSR count). The lowest BCUT2D eigenvalue weighted by Crippen LogP contribution is -2.41. The van der Waals surface area contributed by atoms with Crippen molar-refractivity contribution >= 4 is 5.97 Å². The Morgan fingerprint density at radius 1 is 1.39 bits per heavy atom. The summed E-state index contributed by atoms with van der Waals surface area (Å²) in [6, 6.07) is 10.1. The standard InChI is InChI=1S/C14H16N2O2/c1-16(10-11-5-3-2-4-6-11)13-9-12(14(17)18)7-8-15-13/h2-9,13,15H,10H2,1H3,(H,17,18). The summed E-state index contributed by atoms with van der Waals surface area (Å²) in [5.41, 5.74) is 1.51. The lowest BCUT2D eigenvalue weighted by Gasteiger charge is -2.28. The highest BCUT2D eigenvalue weighted by molar-refractivity contribution is 5.90. The van der Waals surface area contributed by atoms with Crippen LogP contribution in [0.1, 0.15) is 5.56 Å². The van der Waals surface area contributed by atoms with Crippen LogP contribution in [-0.4, -0.2) is 29.2 Å². The van der Waals surface area contributed by atoms with E-state index in [0.717, 1.165) is 6.54 Å². The van der Waals surface area contributed by atoms with Gasteiger partial charge in [0, 0.05) is 6.54 Å². The third-order valence-electron chi connectivity index (χ3n) is 2.86. The van der Waals surface area contributed by atoms with Crippen molar-refractivity contribution in [2.75, 3.05) is 7.05 Å². The summed E-state index contributed by atoms with van der Waals surface area (Å²) in [7, 11) is 1.96. The normalized spacial score (nSPS) is 18.3. The number of hydrogen-bond acceptors (Lipinski definition) is 3. The monoisotopic (exact) mass is 244 g/mol. The molecule has 0 spiro atoms. The fourth-order valence-electron chi connectivity index (χ4n) is 1.88. The van der Waals surface area contributed by atoms with Gasteiger partial charge in [-0.15, -0.1) is 0 Å². The summed E-state index contributed by atoms with van der Waals surface area (Å²) < 4.78 is 0. The Morgan fingerprint density at radius 2 is 2.11 bits per heavy atom. The molecule has 0 aromatic heterocycles. The minimum absolute atomic E-state index is 0.0960. The van der Waals surface area contributed by atoms with Gasteiger partial charge < -0.3 is 10.4 Å². The summed E-state index contributed by atoms with van der Waals surface area (Å²) in [5, 5.41) is 12.1. The molecule has 1 aromatic carbocycles. The van der Waals surface area contributed by atoms with Crippen LogP contribution < -0.4 is 5.32 Å². The Balaban J connectivity index is 2.04. The van der Waals surface area contributed by atoms with Gasteiger partial charge in [0.2, 0.25) is 0 Å². The average molecular weight is 244 g/mol. The van der Waals surface area contributed by atoms with E-state index >= 15 is 0 Å². The van der Waals surface area contributed by atoms with E-state index in [0.29, 0.717) is 5.57 Å². The van der Waals surface area contributed by atoms with Gasteiger partial charge in [-0.05, 0) is 31.0 Å². The van der Waals surface area contributed by atoms with Gasteiger partial charge in [-0.3, -0.25) is 4.90 Å². The van der Waals surface area contributed by atoms with Gasteiger partial charge in [0.1, 0.15) is 0 Å². The van der Waals surface area contributed by atoms with Crippen LogP contribution >= 0.6 is 0 Å². The molecule has 94 valence electrons. The number of carboxylic acid groups (broad SMARTS) is 1. The molecular weight excluding hydrogens is 228 g/mol. The molecule has 1 aliphatic heterocycles. The molecule has 18 heavy (non-hydrogen) atoms. The quantitative estimate of drug-likeness (QED) is 0.844. The van der Waals surface area contributed by atoms with Gasteiger partial charge in [0.25, 0.3) is 0 Å². The molecule has 1 aliphatic rings. The minimum Gasteiger partial charge on any atom is -0.478 e. The maximum Gasteiger partial charge on any atom is 0.335 e. The molecule has 0 saturated carbocycles. The van der Waals surface area contributed by atoms with Gasteiger partial charge in [-0.25, -0.2) is 4.79 Å². The number of nitrogens with zero attached hydrogens (tertiary/aromatic N) is 1. The zero-order valence-corrected chi connectivity index (χ0v) is 10.2. The van der Waals surface area contributed by atoms with Crippen molar-refractivity contribution in [2.45, 2.75) is 12.7 Å². The van der Waals surface area contributed by atoms with Crippen molar-refractivity contribution in [1.82, 2.24) is 10.2 Å². The van der Waals surface area contributed by atoms with E-state index in [-0.39, 0.29) is 6.17 Å². The van der Waals surface area contributed by atoms with E-state index in [1.165, 1.54) is 5.56 Å². The van der Waals surface area contributed by atoms with E-state index < -0.39 is 5.97 Å². The first kappa shape index (κ1) is 12.4. The number of likely N-dealkylation sites (N-methyl/N-ethyl adjacent to an activating group) is 1. The van der Waals surface area contributed by atoms with Crippen molar-refractivity contribution in [1.29, 1.82) is 0 Å². The van der Waals surface area contributed by atoms with E-state index in [1.807, 2.05) is 25.2 Å². The molecule has 0 amide bonds. The third-order valence-corrected chi connectivity index (χ3v) is 2.86. The predicted molar refractivity (Wildman–Crippen MR) is 69.7 cm³/mol. The number of benzene rings is 1. The second-order valence-electron chi connectivity index (χ2n) is 4.27. The lowest BCUT2D eigenvalue weighted by atomic mass is 10.1. The Kier molecular flexibility index (Phi) is 3.79. The van der Waals surface area contributed by atoms with Crippen LogP contribution in [0, 0.1) is 0 Å². The molecule has 1 aromatic rings. The minimum atomic E-state index is -0.897. The lowest BCUT2D eigenvalue weighted by molar-refractivity contribution is -0.132. The summed E-state index contributed by atoms with van der Waals surface area (Å²) in [6.07, 6.45) is 4.86. The highest BCUT2D eigenvalue weighted by atomic mass is 16.4. The van der Waals surface area contributed by atoms with Crippen molar-refractivity contribution in [3.05, 3.63) is 59.8 Å². The molecule has 4 nitrogen and oxygen atoms in total. The van der Waals surface area contributed by atoms with Crippen LogP contribution in [0.3, 0.4) is 0 Å². The SMILES string of the molecule is CN(Cc1ccccc1)C1C=C(C(=O)O)C=CN1. The van der Waals surface area contributed by atoms with Gasteiger partial charge in [-0.1, -0.05) is 30.3 Å². The predicted octanol–water partition coefficient (Wildman–Crippen LogP) is 1.57. The van der Waals surface area contributed by atoms with E-state index in [9.17, 15) is 4.79 Å². The highest BCUT2D eigenvalue weighted by Crippen LogP contribution is 2.11. The van der Waals surface area contributed by atoms with Crippen molar-refractivity contribution in [2.24, 2.45) is 0 Å². The van der Waals surface area contributed by atoms with Crippen LogP contribution in [0.15, 0.2) is 54.3 Å². The number of carboxylic acids is 1. The molecule has 4 heteroatoms. The Hall–Kier alpha value is -2.07. The first-order valence-electron chi connectivity index (χ1n) is 5.78. The molecule has 0 fully saturated rings. The fourth-order valence-corrected chi connectivity index (χ4v) is 1.88. The molecule has 1 unspecified atom stereocenters. The van der Waals surface area contributed by atoms with Crippen LogP contribution in [0.2, 0.25) is 0 Å². The summed E-state index contributed by atoms with van der Waals surface area (Å²) in [6.45, 7) is 0.760. The average Bonchev–Trinajstić information content (AvgIpc) is 2.40. The topological polar surface area (TPSA) is 52.6 Å². The molecule has 2 N–H and O–H groups in total. The van der Waals surface area contributed by atoms with Crippen molar-refractivity contribution in [3.63, 3.8) is 0 Å². The van der Waals surface area contributed by atoms with Gasteiger partial charge in [-0.2, -0.15) is 0 Å². The highest BCUT2D eigenvalue weighted by Gasteiger charge is 2.16. The maximum atomic E-state index is 10.9. The van der Waals surface area contributed by atoms with Crippen LogP contribution in [0.5, 0.6) is 0 Å². The second kappa shape index (κ2) is 5.51. The van der Waals surface area contributed by atoms with Crippen molar-refractivity contribution < 1.29 is 9.90 Å².